The Labute approximate surface area is 114 Å². The number of aromatic nitrogens is 2. The summed E-state index contributed by atoms with van der Waals surface area (Å²) in [6.07, 6.45) is 1.53. The van der Waals surface area contributed by atoms with Gasteiger partial charge in [-0.1, -0.05) is 6.92 Å². The van der Waals surface area contributed by atoms with Crippen LogP contribution in [-0.2, 0) is 21.3 Å². The molecule has 2 N–H and O–H groups in total. The predicted octanol–water partition coefficient (Wildman–Crippen LogP) is 0.175. The van der Waals surface area contributed by atoms with E-state index < -0.39 is 10.0 Å². The highest BCUT2D eigenvalue weighted by atomic mass is 32.2. The number of methoxy groups -OCH3 is 1. The third-order valence-electron chi connectivity index (χ3n) is 2.91. The number of hydrogen-bond donors (Lipinski definition) is 2. The fourth-order valence-electron chi connectivity index (χ4n) is 1.64. The van der Waals surface area contributed by atoms with Crippen molar-refractivity contribution in [3.63, 3.8) is 0 Å². The molecule has 8 heteroatoms. The molecular weight excluding hydrogens is 268 g/mol. The maximum atomic E-state index is 12.5. The Hall–Kier alpha value is -0.960. The van der Waals surface area contributed by atoms with Crippen molar-refractivity contribution in [2.45, 2.75) is 31.5 Å². The van der Waals surface area contributed by atoms with Gasteiger partial charge in [0, 0.05) is 32.3 Å². The van der Waals surface area contributed by atoms with E-state index in [1.807, 2.05) is 6.92 Å². The molecule has 0 spiro atoms. The number of likely N-dealkylation sites (N-methyl/N-ethyl adjacent to an activating group) is 1. The van der Waals surface area contributed by atoms with Crippen LogP contribution in [0.5, 0.6) is 0 Å². The Morgan fingerprint density at radius 1 is 1.58 bits per heavy atom. The van der Waals surface area contributed by atoms with Crippen LogP contribution in [0.2, 0.25) is 0 Å². The lowest BCUT2D eigenvalue weighted by Crippen LogP contribution is -2.38. The molecule has 1 rings (SSSR count). The van der Waals surface area contributed by atoms with Gasteiger partial charge >= 0.3 is 0 Å². The molecule has 0 aliphatic rings. The largest absolute Gasteiger partial charge is 0.383 e. The molecular formula is C11H22N4O3S. The number of nitrogens with zero attached hydrogens (tertiary/aromatic N) is 2. The summed E-state index contributed by atoms with van der Waals surface area (Å²) in [6, 6.07) is -0.245. The highest BCUT2D eigenvalue weighted by molar-refractivity contribution is 7.89. The van der Waals surface area contributed by atoms with Crippen molar-refractivity contribution in [1.82, 2.24) is 19.8 Å². The van der Waals surface area contributed by atoms with Crippen LogP contribution in [0.15, 0.2) is 11.2 Å². The molecule has 0 fully saturated rings. The molecule has 0 amide bonds. The zero-order valence-electron chi connectivity index (χ0n) is 11.8. The molecule has 1 aromatic heterocycles. The third kappa shape index (κ3) is 3.75. The van der Waals surface area contributed by atoms with Gasteiger partial charge in [-0.05, 0) is 13.5 Å². The first-order chi connectivity index (χ1) is 8.95. The number of H-pyrrole nitrogens is 1. The van der Waals surface area contributed by atoms with Crippen LogP contribution in [-0.4, -0.2) is 56.3 Å². The first-order valence-corrected chi connectivity index (χ1v) is 7.59. The minimum Gasteiger partial charge on any atom is -0.383 e. The maximum Gasteiger partial charge on any atom is 0.260 e. The molecule has 7 nitrogen and oxygen atoms in total. The Bertz CT molecular complexity index is 486. The van der Waals surface area contributed by atoms with Gasteiger partial charge in [0.15, 0.2) is 5.03 Å². The molecule has 0 bridgehead atoms. The van der Waals surface area contributed by atoms with E-state index in [2.05, 4.69) is 15.5 Å². The van der Waals surface area contributed by atoms with Gasteiger partial charge < -0.3 is 10.1 Å². The molecule has 0 aliphatic carbocycles. The highest BCUT2D eigenvalue weighted by Crippen LogP contribution is 2.18. The summed E-state index contributed by atoms with van der Waals surface area (Å²) in [6.45, 7) is 5.32. The van der Waals surface area contributed by atoms with Crippen LogP contribution in [0.3, 0.4) is 0 Å². The van der Waals surface area contributed by atoms with Gasteiger partial charge in [-0.3, -0.25) is 5.10 Å². The molecule has 0 aliphatic heterocycles. The van der Waals surface area contributed by atoms with E-state index >= 15 is 0 Å². The average Bonchev–Trinajstić information content (AvgIpc) is 2.84. The van der Waals surface area contributed by atoms with Gasteiger partial charge in [-0.15, -0.1) is 0 Å². The van der Waals surface area contributed by atoms with Gasteiger partial charge in [0.1, 0.15) is 0 Å². The maximum absolute atomic E-state index is 12.5. The summed E-state index contributed by atoms with van der Waals surface area (Å²) in [5.41, 5.74) is 0.637. The second-order valence-corrected chi connectivity index (χ2v) is 6.26. The van der Waals surface area contributed by atoms with Crippen molar-refractivity contribution in [2.24, 2.45) is 0 Å². The Balaban J connectivity index is 2.96. The number of ether oxygens (including phenoxy) is 1. The number of nitrogens with one attached hydrogen (secondary N) is 2. The first-order valence-electron chi connectivity index (χ1n) is 6.15. The summed E-state index contributed by atoms with van der Waals surface area (Å²) in [4.78, 5) is 0. The summed E-state index contributed by atoms with van der Waals surface area (Å²) in [5.74, 6) is 0. The fraction of sp³-hybridized carbons (Fsp3) is 0.727. The highest BCUT2D eigenvalue weighted by Gasteiger charge is 2.29. The van der Waals surface area contributed by atoms with Gasteiger partial charge in [0.05, 0.1) is 12.8 Å². The summed E-state index contributed by atoms with van der Waals surface area (Å²) in [7, 11) is -0.499. The number of rotatable bonds is 8. The van der Waals surface area contributed by atoms with Crippen LogP contribution in [0.25, 0.3) is 0 Å². The first kappa shape index (κ1) is 16.1. The smallest absolute Gasteiger partial charge is 0.260 e. The number of sulfonamides is 1. The van der Waals surface area contributed by atoms with Crippen molar-refractivity contribution < 1.29 is 13.2 Å². The van der Waals surface area contributed by atoms with Crippen LogP contribution >= 0.6 is 0 Å². The van der Waals surface area contributed by atoms with Crippen LogP contribution in [0, 0.1) is 0 Å². The Morgan fingerprint density at radius 3 is 2.84 bits per heavy atom. The molecule has 1 atom stereocenters. The normalized spacial score (nSPS) is 13.9. The van der Waals surface area contributed by atoms with E-state index in [4.69, 9.17) is 4.74 Å². The molecule has 0 aromatic carbocycles. The second-order valence-electron chi connectivity index (χ2n) is 4.33. The Kier molecular flexibility index (Phi) is 5.92. The summed E-state index contributed by atoms with van der Waals surface area (Å²) >= 11 is 0. The van der Waals surface area contributed by atoms with Crippen LogP contribution in [0.1, 0.15) is 19.4 Å². The van der Waals surface area contributed by atoms with Gasteiger partial charge in [0.2, 0.25) is 0 Å². The van der Waals surface area contributed by atoms with Gasteiger partial charge in [0.25, 0.3) is 10.0 Å². The fourth-order valence-corrected chi connectivity index (χ4v) is 3.08. The van der Waals surface area contributed by atoms with Crippen molar-refractivity contribution in [2.75, 3.05) is 27.3 Å². The van der Waals surface area contributed by atoms with Crippen molar-refractivity contribution in [3.8, 4) is 0 Å². The average molecular weight is 290 g/mol. The molecule has 110 valence electrons. The molecule has 1 unspecified atom stereocenters. The zero-order chi connectivity index (χ0) is 14.5. The van der Waals surface area contributed by atoms with Gasteiger partial charge in [-0.2, -0.15) is 9.40 Å². The SMILES string of the molecule is CCNCc1cn[nH]c1S(=O)(=O)N(C)C(C)COC. The van der Waals surface area contributed by atoms with Gasteiger partial charge in [-0.25, -0.2) is 8.42 Å². The lowest BCUT2D eigenvalue weighted by Gasteiger charge is -2.23. The summed E-state index contributed by atoms with van der Waals surface area (Å²) < 4.78 is 31.2. The van der Waals surface area contributed by atoms with E-state index in [1.54, 1.807) is 14.0 Å². The minimum absolute atomic E-state index is 0.138. The second kappa shape index (κ2) is 6.99. The minimum atomic E-state index is -3.58. The van der Waals surface area contributed by atoms with E-state index in [1.165, 1.54) is 17.5 Å². The van der Waals surface area contributed by atoms with E-state index in [9.17, 15) is 8.42 Å². The quantitative estimate of drug-likeness (QED) is 0.713. The third-order valence-corrected chi connectivity index (χ3v) is 4.90. The van der Waals surface area contributed by atoms with E-state index in [-0.39, 0.29) is 11.1 Å². The number of aromatic amines is 1. The molecule has 1 aromatic rings. The van der Waals surface area contributed by atoms with Crippen molar-refractivity contribution >= 4 is 10.0 Å². The monoisotopic (exact) mass is 290 g/mol. The molecule has 1 heterocycles. The number of hydrogen-bond acceptors (Lipinski definition) is 5. The zero-order valence-corrected chi connectivity index (χ0v) is 12.6. The predicted molar refractivity (Wildman–Crippen MR) is 72.3 cm³/mol. The van der Waals surface area contributed by atoms with Crippen molar-refractivity contribution in [3.05, 3.63) is 11.8 Å². The van der Waals surface area contributed by atoms with E-state index in [0.717, 1.165) is 6.54 Å². The summed E-state index contributed by atoms with van der Waals surface area (Å²) in [5, 5.41) is 9.63. The molecule has 0 radical (unpaired) electrons. The standard InChI is InChI=1S/C11H22N4O3S/c1-5-12-6-10-7-13-14-11(10)19(16,17)15(3)9(2)8-18-4/h7,9,12H,5-6,8H2,1-4H3,(H,13,14). The van der Waals surface area contributed by atoms with E-state index in [0.29, 0.717) is 18.7 Å². The molecule has 19 heavy (non-hydrogen) atoms. The lowest BCUT2D eigenvalue weighted by molar-refractivity contribution is 0.149. The molecule has 0 saturated carbocycles. The Morgan fingerprint density at radius 2 is 2.26 bits per heavy atom. The topological polar surface area (TPSA) is 87.3 Å². The molecule has 0 saturated heterocycles. The lowest BCUT2D eigenvalue weighted by atomic mass is 10.3. The van der Waals surface area contributed by atoms with Crippen molar-refractivity contribution in [1.29, 1.82) is 0 Å². The van der Waals surface area contributed by atoms with Crippen LogP contribution in [0.4, 0.5) is 0 Å². The van der Waals surface area contributed by atoms with Crippen LogP contribution < -0.4 is 5.32 Å².